The first kappa shape index (κ1) is 15.4. The Bertz CT molecular complexity index is 796. The van der Waals surface area contributed by atoms with E-state index in [4.69, 9.17) is 0 Å². The summed E-state index contributed by atoms with van der Waals surface area (Å²) in [7, 11) is -3.58. The van der Waals surface area contributed by atoms with Crippen LogP contribution < -0.4 is 0 Å². The maximum atomic E-state index is 12.6. The minimum absolute atomic E-state index is 0.0653. The third-order valence-electron chi connectivity index (χ3n) is 3.45. The molecule has 0 amide bonds. The van der Waals surface area contributed by atoms with Gasteiger partial charge >= 0.3 is 0 Å². The smallest absolute Gasteiger partial charge is 0.244 e. The van der Waals surface area contributed by atoms with Gasteiger partial charge in [-0.15, -0.1) is 13.2 Å². The molecular weight excluding hydrogens is 286 g/mol. The summed E-state index contributed by atoms with van der Waals surface area (Å²) >= 11 is 0. The number of benzene rings is 2. The van der Waals surface area contributed by atoms with Gasteiger partial charge in [0.2, 0.25) is 10.0 Å². The molecule has 0 N–H and O–H groups in total. The van der Waals surface area contributed by atoms with E-state index >= 15 is 0 Å². The van der Waals surface area contributed by atoms with Crippen molar-refractivity contribution in [2.24, 2.45) is 0 Å². The first-order chi connectivity index (χ1) is 10.1. The molecule has 1 aliphatic heterocycles. The van der Waals surface area contributed by atoms with Crippen LogP contribution >= 0.6 is 0 Å². The van der Waals surface area contributed by atoms with Crippen molar-refractivity contribution < 1.29 is 13.2 Å². The lowest BCUT2D eigenvalue weighted by Gasteiger charge is -2.27. The second-order valence-electron chi connectivity index (χ2n) is 4.52. The molecule has 1 heterocycles. The summed E-state index contributed by atoms with van der Waals surface area (Å²) in [4.78, 5) is 12.2. The van der Waals surface area contributed by atoms with Crippen molar-refractivity contribution in [3.05, 3.63) is 55.1 Å². The van der Waals surface area contributed by atoms with Crippen LogP contribution in [0.3, 0.4) is 0 Å². The topological polar surface area (TPSA) is 54.5 Å². The maximum Gasteiger partial charge on any atom is 0.244 e. The van der Waals surface area contributed by atoms with E-state index in [1.807, 2.05) is 12.1 Å². The first-order valence-electron chi connectivity index (χ1n) is 6.61. The molecule has 0 fully saturated rings. The Balaban J connectivity index is 0.000000774. The Kier molecular flexibility index (Phi) is 4.25. The lowest BCUT2D eigenvalue weighted by Crippen LogP contribution is -2.40. The van der Waals surface area contributed by atoms with Crippen LogP contribution in [0.4, 0.5) is 0 Å². The molecule has 110 valence electrons. The summed E-state index contributed by atoms with van der Waals surface area (Å²) in [6, 6.07) is 10.6. The number of carbonyl (C=O) groups excluding carboxylic acids is 1. The molecule has 21 heavy (non-hydrogen) atoms. The van der Waals surface area contributed by atoms with E-state index in [2.05, 4.69) is 13.2 Å². The van der Waals surface area contributed by atoms with Gasteiger partial charge in [0, 0.05) is 17.5 Å². The highest BCUT2D eigenvalue weighted by molar-refractivity contribution is 7.89. The van der Waals surface area contributed by atoms with Crippen molar-refractivity contribution in [2.75, 3.05) is 13.1 Å². The highest BCUT2D eigenvalue weighted by atomic mass is 32.2. The van der Waals surface area contributed by atoms with Crippen molar-refractivity contribution in [2.45, 2.75) is 11.8 Å². The predicted octanol–water partition coefficient (Wildman–Crippen LogP) is 2.85. The quantitative estimate of drug-likeness (QED) is 0.761. The summed E-state index contributed by atoms with van der Waals surface area (Å²) < 4.78 is 26.4. The van der Waals surface area contributed by atoms with Crippen LogP contribution in [0.1, 0.15) is 17.3 Å². The predicted molar refractivity (Wildman–Crippen MR) is 84.0 cm³/mol. The van der Waals surface area contributed by atoms with Crippen LogP contribution in [-0.4, -0.2) is 31.6 Å². The lowest BCUT2D eigenvalue weighted by atomic mass is 10.0. The van der Waals surface area contributed by atoms with Gasteiger partial charge in [-0.1, -0.05) is 37.3 Å². The highest BCUT2D eigenvalue weighted by Crippen LogP contribution is 2.32. The number of ketones is 1. The van der Waals surface area contributed by atoms with Crippen LogP contribution in [0.25, 0.3) is 10.8 Å². The van der Waals surface area contributed by atoms with E-state index < -0.39 is 10.0 Å². The summed E-state index contributed by atoms with van der Waals surface area (Å²) in [6.07, 6.45) is 0. The maximum absolute atomic E-state index is 12.6. The minimum Gasteiger partial charge on any atom is -0.293 e. The van der Waals surface area contributed by atoms with Gasteiger partial charge in [0.15, 0.2) is 5.78 Å². The summed E-state index contributed by atoms with van der Waals surface area (Å²) in [5.41, 5.74) is 0.309. The number of rotatable bonds is 1. The van der Waals surface area contributed by atoms with Crippen molar-refractivity contribution in [1.82, 2.24) is 4.31 Å². The zero-order valence-electron chi connectivity index (χ0n) is 11.9. The molecular formula is C16H17NO3S. The first-order valence-corrected chi connectivity index (χ1v) is 8.05. The van der Waals surface area contributed by atoms with Crippen molar-refractivity contribution in [3.8, 4) is 0 Å². The second-order valence-corrected chi connectivity index (χ2v) is 6.39. The summed E-state index contributed by atoms with van der Waals surface area (Å²) in [5.74, 6) is -0.141. The van der Waals surface area contributed by atoms with Gasteiger partial charge in [0.1, 0.15) is 4.90 Å². The summed E-state index contributed by atoms with van der Waals surface area (Å²) in [5, 5.41) is 1.45. The molecule has 0 unspecified atom stereocenters. The third kappa shape index (κ3) is 2.39. The van der Waals surface area contributed by atoms with Gasteiger partial charge < -0.3 is 0 Å². The molecule has 0 atom stereocenters. The molecule has 0 saturated heterocycles. The zero-order chi connectivity index (χ0) is 15.6. The molecule has 0 spiro atoms. The van der Waals surface area contributed by atoms with Crippen molar-refractivity contribution in [1.29, 1.82) is 0 Å². The summed E-state index contributed by atoms with van der Waals surface area (Å²) in [6.45, 7) is 7.97. The Labute approximate surface area is 124 Å². The monoisotopic (exact) mass is 303 g/mol. The average molecular weight is 303 g/mol. The number of hydrogen-bond acceptors (Lipinski definition) is 3. The fourth-order valence-electron chi connectivity index (χ4n) is 2.48. The number of carbonyl (C=O) groups is 1. The van der Waals surface area contributed by atoms with Gasteiger partial charge in [-0.05, 0) is 11.5 Å². The fraction of sp³-hybridized carbons (Fsp3) is 0.188. The molecule has 0 radical (unpaired) electrons. The van der Waals surface area contributed by atoms with Gasteiger partial charge in [-0.3, -0.25) is 4.79 Å². The van der Waals surface area contributed by atoms with E-state index in [9.17, 15) is 13.2 Å². The fourth-order valence-corrected chi connectivity index (χ4v) is 4.29. The van der Waals surface area contributed by atoms with E-state index in [0.29, 0.717) is 17.5 Å². The van der Waals surface area contributed by atoms with E-state index in [1.165, 1.54) is 4.31 Å². The standard InChI is InChI=1S/C14H13NO3S.C2H4/c1-2-15-9-13(16)12-8-7-10-5-3-4-6-11(10)14(12)19(15,17)18;1-2/h3-8H,2,9H2,1H3;1-2H2. The molecule has 4 nitrogen and oxygen atoms in total. The molecule has 2 aromatic rings. The third-order valence-corrected chi connectivity index (χ3v) is 5.47. The number of fused-ring (bicyclic) bond motifs is 3. The molecule has 0 bridgehead atoms. The molecule has 1 aliphatic rings. The molecule has 5 heteroatoms. The van der Waals surface area contributed by atoms with Crippen LogP contribution in [0.5, 0.6) is 0 Å². The number of likely N-dealkylation sites (N-methyl/N-ethyl adjacent to an activating group) is 1. The minimum atomic E-state index is -3.58. The largest absolute Gasteiger partial charge is 0.293 e. The van der Waals surface area contributed by atoms with Gasteiger partial charge in [-0.2, -0.15) is 4.31 Å². The van der Waals surface area contributed by atoms with E-state index in [0.717, 1.165) is 5.39 Å². The van der Waals surface area contributed by atoms with Crippen molar-refractivity contribution in [3.63, 3.8) is 0 Å². The van der Waals surface area contributed by atoms with Gasteiger partial charge in [0.05, 0.1) is 6.54 Å². The molecule has 0 saturated carbocycles. The number of sulfonamides is 1. The highest BCUT2D eigenvalue weighted by Gasteiger charge is 2.36. The number of hydrogen-bond donors (Lipinski definition) is 0. The van der Waals surface area contributed by atoms with Gasteiger partial charge in [0.25, 0.3) is 0 Å². The van der Waals surface area contributed by atoms with Crippen LogP contribution in [0.2, 0.25) is 0 Å². The molecule has 0 aromatic heterocycles. The Hall–Kier alpha value is -1.98. The molecule has 3 rings (SSSR count). The Morgan fingerprint density at radius 1 is 1.14 bits per heavy atom. The second kappa shape index (κ2) is 5.79. The lowest BCUT2D eigenvalue weighted by molar-refractivity contribution is 0.0958. The van der Waals surface area contributed by atoms with Gasteiger partial charge in [-0.25, -0.2) is 8.42 Å². The Morgan fingerprint density at radius 2 is 1.81 bits per heavy atom. The SMILES string of the molecule is C=C.CCN1CC(=O)c2ccc3ccccc3c2S1(=O)=O. The van der Waals surface area contributed by atoms with Crippen LogP contribution in [-0.2, 0) is 10.0 Å². The Morgan fingerprint density at radius 3 is 2.48 bits per heavy atom. The normalized spacial score (nSPS) is 16.9. The van der Waals surface area contributed by atoms with Crippen molar-refractivity contribution >= 4 is 26.6 Å². The zero-order valence-corrected chi connectivity index (χ0v) is 12.7. The van der Waals surface area contributed by atoms with E-state index in [1.54, 1.807) is 31.2 Å². The number of Topliss-reactive ketones (excluding diaryl/α,β-unsaturated/α-hetero) is 1. The van der Waals surface area contributed by atoms with Crippen LogP contribution in [0.15, 0.2) is 54.5 Å². The van der Waals surface area contributed by atoms with Crippen LogP contribution in [0, 0.1) is 0 Å². The van der Waals surface area contributed by atoms with E-state index in [-0.39, 0.29) is 17.2 Å². The molecule has 2 aromatic carbocycles. The number of nitrogens with zero attached hydrogens (tertiary/aromatic N) is 1. The molecule has 0 aliphatic carbocycles. The average Bonchev–Trinajstić information content (AvgIpc) is 2.52.